The number of hydrogen-bond acceptors (Lipinski definition) is 4. The molecule has 168 valence electrons. The smallest absolute Gasteiger partial charge is 0.257 e. The average Bonchev–Trinajstić information content (AvgIpc) is 2.77. The van der Waals surface area contributed by atoms with E-state index in [2.05, 4.69) is 11.6 Å². The van der Waals surface area contributed by atoms with E-state index in [-0.39, 0.29) is 22.4 Å². The Morgan fingerprint density at radius 1 is 1.16 bits per heavy atom. The van der Waals surface area contributed by atoms with Gasteiger partial charge in [0.05, 0.1) is 17.6 Å². The van der Waals surface area contributed by atoms with Gasteiger partial charge in [-0.3, -0.25) is 4.79 Å². The van der Waals surface area contributed by atoms with Gasteiger partial charge in [0.25, 0.3) is 5.91 Å². The molecular weight excluding hydrogens is 412 g/mol. The van der Waals surface area contributed by atoms with Gasteiger partial charge in [-0.15, -0.1) is 0 Å². The molecule has 7 heteroatoms. The number of nitrogens with zero attached hydrogens (tertiary/aromatic N) is 1. The monoisotopic (exact) mass is 444 g/mol. The Kier molecular flexibility index (Phi) is 7.38. The molecule has 1 N–H and O–H groups in total. The molecule has 6 nitrogen and oxygen atoms in total. The molecule has 1 aliphatic heterocycles. The fourth-order valence-electron chi connectivity index (χ4n) is 3.84. The number of likely N-dealkylation sites (tertiary alicyclic amines) is 1. The minimum Gasteiger partial charge on any atom is -0.496 e. The largest absolute Gasteiger partial charge is 0.496 e. The zero-order valence-corrected chi connectivity index (χ0v) is 19.5. The number of benzene rings is 2. The maximum absolute atomic E-state index is 13.2. The highest BCUT2D eigenvalue weighted by Crippen LogP contribution is 2.27. The Labute approximate surface area is 185 Å². The highest BCUT2D eigenvalue weighted by atomic mass is 32.2. The first-order chi connectivity index (χ1) is 14.7. The van der Waals surface area contributed by atoms with Gasteiger partial charge in [0.2, 0.25) is 10.0 Å². The zero-order valence-electron chi connectivity index (χ0n) is 18.7. The van der Waals surface area contributed by atoms with Crippen LogP contribution in [0.1, 0.15) is 60.6 Å². The van der Waals surface area contributed by atoms with Gasteiger partial charge in [0.15, 0.2) is 0 Å². The molecule has 0 spiro atoms. The van der Waals surface area contributed by atoms with Crippen molar-refractivity contribution in [2.45, 2.75) is 51.0 Å². The number of nitrogens with one attached hydrogen (secondary N) is 1. The number of sulfonamides is 1. The highest BCUT2D eigenvalue weighted by Gasteiger charge is 2.27. The standard InChI is InChI=1S/C24H32N2O4S/c1-5-22(19-8-6-17(2)7-9-19)25-31(28,29)20-10-11-23(30-4)21(16-20)24(27)26-14-12-18(3)13-15-26/h6-11,16,18,22,25H,5,12-15H2,1-4H3. The molecule has 1 unspecified atom stereocenters. The fourth-order valence-corrected chi connectivity index (χ4v) is 5.18. The molecule has 0 bridgehead atoms. The van der Waals surface area contributed by atoms with Crippen molar-refractivity contribution >= 4 is 15.9 Å². The molecule has 1 aliphatic rings. The maximum atomic E-state index is 13.2. The Hall–Kier alpha value is -2.38. The van der Waals surface area contributed by atoms with E-state index >= 15 is 0 Å². The normalized spacial score (nSPS) is 16.2. The molecule has 0 radical (unpaired) electrons. The Bertz CT molecular complexity index is 1010. The summed E-state index contributed by atoms with van der Waals surface area (Å²) in [6.07, 6.45) is 2.50. The third-order valence-electron chi connectivity index (χ3n) is 5.97. The van der Waals surface area contributed by atoms with Gasteiger partial charge in [-0.25, -0.2) is 13.1 Å². The van der Waals surface area contributed by atoms with E-state index in [0.29, 0.717) is 31.2 Å². The van der Waals surface area contributed by atoms with E-state index in [1.54, 1.807) is 11.0 Å². The van der Waals surface area contributed by atoms with Crippen molar-refractivity contribution in [3.63, 3.8) is 0 Å². The summed E-state index contributed by atoms with van der Waals surface area (Å²) in [6, 6.07) is 11.9. The van der Waals surface area contributed by atoms with E-state index in [1.807, 2.05) is 38.1 Å². The fraction of sp³-hybridized carbons (Fsp3) is 0.458. The van der Waals surface area contributed by atoms with Crippen LogP contribution in [0.25, 0.3) is 0 Å². The molecule has 1 heterocycles. The number of ether oxygens (including phenoxy) is 1. The molecule has 1 atom stereocenters. The van der Waals surface area contributed by atoms with E-state index in [1.165, 1.54) is 19.2 Å². The molecule has 1 fully saturated rings. The molecular formula is C24H32N2O4S. The number of carbonyl (C=O) groups is 1. The highest BCUT2D eigenvalue weighted by molar-refractivity contribution is 7.89. The molecule has 1 amide bonds. The van der Waals surface area contributed by atoms with Crippen LogP contribution in [0.3, 0.4) is 0 Å². The molecule has 3 rings (SSSR count). The summed E-state index contributed by atoms with van der Waals surface area (Å²) in [5, 5.41) is 0. The van der Waals surface area contributed by atoms with E-state index < -0.39 is 10.0 Å². The predicted octanol–water partition coefficient (Wildman–Crippen LogP) is 4.31. The van der Waals surface area contributed by atoms with Gasteiger partial charge >= 0.3 is 0 Å². The second-order valence-electron chi connectivity index (χ2n) is 8.33. The van der Waals surface area contributed by atoms with Gasteiger partial charge in [0.1, 0.15) is 5.75 Å². The minimum absolute atomic E-state index is 0.0626. The van der Waals surface area contributed by atoms with Gasteiger partial charge in [-0.05, 0) is 55.9 Å². The summed E-state index contributed by atoms with van der Waals surface area (Å²) in [5.41, 5.74) is 2.30. The summed E-state index contributed by atoms with van der Waals surface area (Å²) in [6.45, 7) is 7.45. The lowest BCUT2D eigenvalue weighted by Crippen LogP contribution is -2.38. The van der Waals surface area contributed by atoms with Crippen molar-refractivity contribution in [2.75, 3.05) is 20.2 Å². The number of carbonyl (C=O) groups excluding carboxylic acids is 1. The van der Waals surface area contributed by atoms with E-state index in [4.69, 9.17) is 4.74 Å². The lowest BCUT2D eigenvalue weighted by atomic mass is 9.98. The summed E-state index contributed by atoms with van der Waals surface area (Å²) >= 11 is 0. The minimum atomic E-state index is -3.83. The van der Waals surface area contributed by atoms with Gasteiger partial charge in [-0.2, -0.15) is 0 Å². The van der Waals surface area contributed by atoms with Crippen molar-refractivity contribution in [1.29, 1.82) is 0 Å². The van der Waals surface area contributed by atoms with Crippen LogP contribution < -0.4 is 9.46 Å². The van der Waals surface area contributed by atoms with Crippen molar-refractivity contribution < 1.29 is 17.9 Å². The van der Waals surface area contributed by atoms with Crippen molar-refractivity contribution in [3.8, 4) is 5.75 Å². The van der Waals surface area contributed by atoms with Gasteiger partial charge < -0.3 is 9.64 Å². The van der Waals surface area contributed by atoms with Crippen LogP contribution in [-0.2, 0) is 10.0 Å². The molecule has 31 heavy (non-hydrogen) atoms. The van der Waals surface area contributed by atoms with E-state index in [0.717, 1.165) is 24.0 Å². The van der Waals surface area contributed by atoms with Gasteiger partial charge in [0, 0.05) is 19.1 Å². The van der Waals surface area contributed by atoms with Crippen LogP contribution in [0.15, 0.2) is 47.4 Å². The SMILES string of the molecule is CCC(NS(=O)(=O)c1ccc(OC)c(C(=O)N2CCC(C)CC2)c1)c1ccc(C)cc1. The molecule has 0 aromatic heterocycles. The zero-order chi connectivity index (χ0) is 22.6. The number of hydrogen-bond donors (Lipinski definition) is 1. The van der Waals surface area contributed by atoms with Crippen LogP contribution in [0.4, 0.5) is 0 Å². The molecule has 0 aliphatic carbocycles. The first-order valence-electron chi connectivity index (χ1n) is 10.8. The lowest BCUT2D eigenvalue weighted by molar-refractivity contribution is 0.0693. The third-order valence-corrected chi connectivity index (χ3v) is 7.44. The predicted molar refractivity (Wildman–Crippen MR) is 122 cm³/mol. The van der Waals surface area contributed by atoms with Crippen LogP contribution in [0.2, 0.25) is 0 Å². The lowest BCUT2D eigenvalue weighted by Gasteiger charge is -2.30. The summed E-state index contributed by atoms with van der Waals surface area (Å²) in [4.78, 5) is 15.0. The van der Waals surface area contributed by atoms with E-state index in [9.17, 15) is 13.2 Å². The van der Waals surface area contributed by atoms with Crippen molar-refractivity contribution in [1.82, 2.24) is 9.62 Å². The number of methoxy groups -OCH3 is 1. The molecule has 0 saturated carbocycles. The van der Waals surface area contributed by atoms with Crippen molar-refractivity contribution in [3.05, 3.63) is 59.2 Å². The maximum Gasteiger partial charge on any atom is 0.257 e. The topological polar surface area (TPSA) is 75.7 Å². The first kappa shape index (κ1) is 23.3. The van der Waals surface area contributed by atoms with Crippen LogP contribution in [0, 0.1) is 12.8 Å². The summed E-state index contributed by atoms with van der Waals surface area (Å²) in [7, 11) is -2.34. The number of aryl methyl sites for hydroxylation is 1. The Morgan fingerprint density at radius 2 is 1.81 bits per heavy atom. The van der Waals surface area contributed by atoms with Gasteiger partial charge in [-0.1, -0.05) is 43.7 Å². The quantitative estimate of drug-likeness (QED) is 0.691. The number of rotatable bonds is 7. The Morgan fingerprint density at radius 3 is 2.39 bits per heavy atom. The molecule has 2 aromatic rings. The second-order valence-corrected chi connectivity index (χ2v) is 10.0. The van der Waals surface area contributed by atoms with Crippen LogP contribution >= 0.6 is 0 Å². The van der Waals surface area contributed by atoms with Crippen molar-refractivity contribution in [2.24, 2.45) is 5.92 Å². The second kappa shape index (κ2) is 9.83. The summed E-state index contributed by atoms with van der Waals surface area (Å²) in [5.74, 6) is 0.786. The van der Waals surface area contributed by atoms with Crippen LogP contribution in [-0.4, -0.2) is 39.4 Å². The molecule has 1 saturated heterocycles. The number of amides is 1. The number of piperidine rings is 1. The Balaban J connectivity index is 1.88. The third kappa shape index (κ3) is 5.46. The average molecular weight is 445 g/mol. The summed E-state index contributed by atoms with van der Waals surface area (Å²) < 4.78 is 34.5. The first-order valence-corrected chi connectivity index (χ1v) is 12.3. The molecule has 2 aromatic carbocycles. The van der Waals surface area contributed by atoms with Crippen LogP contribution in [0.5, 0.6) is 5.75 Å².